The van der Waals surface area contributed by atoms with Gasteiger partial charge in [0.15, 0.2) is 0 Å². The lowest BCUT2D eigenvalue weighted by molar-refractivity contribution is -0.385. The molecule has 0 aliphatic carbocycles. The summed E-state index contributed by atoms with van der Waals surface area (Å²) in [5.74, 6) is 0.435. The van der Waals surface area contributed by atoms with E-state index < -0.39 is 11.0 Å². The maximum atomic E-state index is 11.0. The highest BCUT2D eigenvalue weighted by Gasteiger charge is 2.21. The molecular weight excluding hydrogens is 266 g/mol. The van der Waals surface area contributed by atoms with Gasteiger partial charge in [-0.15, -0.1) is 0 Å². The second-order valence-corrected chi connectivity index (χ2v) is 4.16. The van der Waals surface area contributed by atoms with Gasteiger partial charge in [-0.2, -0.15) is 4.98 Å². The molecule has 0 aliphatic rings. The van der Waals surface area contributed by atoms with Gasteiger partial charge in [0.1, 0.15) is 5.69 Å². The molecular formula is C11H19N5O4. The van der Waals surface area contributed by atoms with Crippen molar-refractivity contribution in [3.8, 4) is 0 Å². The first kappa shape index (κ1) is 16.1. The van der Waals surface area contributed by atoms with Crippen LogP contribution in [0, 0.1) is 17.0 Å². The smallest absolute Gasteiger partial charge is 0.332 e. The van der Waals surface area contributed by atoms with Gasteiger partial charge in [-0.05, 0) is 13.3 Å². The van der Waals surface area contributed by atoms with Gasteiger partial charge in [-0.25, -0.2) is 4.98 Å². The van der Waals surface area contributed by atoms with E-state index in [1.54, 1.807) is 14.0 Å². The third-order valence-corrected chi connectivity index (χ3v) is 2.59. The van der Waals surface area contributed by atoms with Crippen LogP contribution in [-0.4, -0.2) is 53.4 Å². The van der Waals surface area contributed by atoms with Gasteiger partial charge in [-0.1, -0.05) is 0 Å². The first-order valence-corrected chi connectivity index (χ1v) is 6.11. The zero-order valence-electron chi connectivity index (χ0n) is 11.7. The molecule has 0 saturated heterocycles. The molecule has 112 valence electrons. The zero-order valence-corrected chi connectivity index (χ0v) is 11.7. The van der Waals surface area contributed by atoms with Gasteiger partial charge in [0, 0.05) is 20.7 Å². The van der Waals surface area contributed by atoms with E-state index in [1.165, 1.54) is 7.11 Å². The summed E-state index contributed by atoms with van der Waals surface area (Å²) in [6.07, 6.45) is -0.235. The predicted octanol–water partition coefficient (Wildman–Crippen LogP) is 0.544. The number of nitrogens with one attached hydrogen (secondary N) is 2. The van der Waals surface area contributed by atoms with Crippen LogP contribution in [0.25, 0.3) is 0 Å². The number of aromatic nitrogens is 2. The van der Waals surface area contributed by atoms with E-state index in [9.17, 15) is 15.2 Å². The molecule has 20 heavy (non-hydrogen) atoms. The number of hydrogen-bond donors (Lipinski definition) is 3. The second-order valence-electron chi connectivity index (χ2n) is 4.16. The number of methoxy groups -OCH3 is 1. The molecule has 1 aromatic heterocycles. The minimum Gasteiger partial charge on any atom is -0.391 e. The van der Waals surface area contributed by atoms with Crippen molar-refractivity contribution < 1.29 is 14.8 Å². The predicted molar refractivity (Wildman–Crippen MR) is 74.0 cm³/mol. The topological polar surface area (TPSA) is 122 Å². The van der Waals surface area contributed by atoms with Gasteiger partial charge in [-0.3, -0.25) is 10.1 Å². The number of rotatable bonds is 8. The summed E-state index contributed by atoms with van der Waals surface area (Å²) in [4.78, 5) is 18.5. The van der Waals surface area contributed by atoms with Gasteiger partial charge < -0.3 is 20.5 Å². The van der Waals surface area contributed by atoms with Gasteiger partial charge >= 0.3 is 5.69 Å². The Hall–Kier alpha value is -2.00. The summed E-state index contributed by atoms with van der Waals surface area (Å²) in [5.41, 5.74) is 0.111. The van der Waals surface area contributed by atoms with Crippen LogP contribution in [0.5, 0.6) is 0 Å². The molecule has 0 radical (unpaired) electrons. The average Bonchev–Trinajstić information content (AvgIpc) is 2.37. The van der Waals surface area contributed by atoms with Crippen molar-refractivity contribution in [1.29, 1.82) is 0 Å². The molecule has 0 spiro atoms. The molecule has 1 aromatic rings. The van der Waals surface area contributed by atoms with Crippen molar-refractivity contribution >= 4 is 17.5 Å². The SMILES string of the molecule is CNc1nc(C)c([N+](=O)[O-])c(NCCC(O)COC)n1. The Bertz CT molecular complexity index is 468. The number of aliphatic hydroxyl groups excluding tert-OH is 1. The lowest BCUT2D eigenvalue weighted by Gasteiger charge is -2.12. The standard InChI is InChI=1S/C11H19N5O4/c1-7-9(16(18)19)10(15-11(12-2)14-7)13-5-4-8(17)6-20-3/h8,17H,4-6H2,1-3H3,(H2,12,13,14,15). The van der Waals surface area contributed by atoms with E-state index in [-0.39, 0.29) is 23.8 Å². The van der Waals surface area contributed by atoms with E-state index in [4.69, 9.17) is 4.74 Å². The Balaban J connectivity index is 2.81. The van der Waals surface area contributed by atoms with Crippen molar-refractivity contribution in [1.82, 2.24) is 9.97 Å². The minimum atomic E-state index is -0.627. The zero-order chi connectivity index (χ0) is 15.1. The van der Waals surface area contributed by atoms with Crippen LogP contribution >= 0.6 is 0 Å². The molecule has 9 heteroatoms. The quantitative estimate of drug-likeness (QED) is 0.467. The van der Waals surface area contributed by atoms with Crippen LogP contribution < -0.4 is 10.6 Å². The second kappa shape index (κ2) is 7.56. The first-order valence-electron chi connectivity index (χ1n) is 6.11. The van der Waals surface area contributed by atoms with Crippen molar-refractivity contribution in [3.05, 3.63) is 15.8 Å². The summed E-state index contributed by atoms with van der Waals surface area (Å²) < 4.78 is 4.80. The van der Waals surface area contributed by atoms with E-state index in [0.29, 0.717) is 18.9 Å². The highest BCUT2D eigenvalue weighted by atomic mass is 16.6. The molecule has 0 saturated carbocycles. The highest BCUT2D eigenvalue weighted by molar-refractivity contribution is 5.60. The fourth-order valence-corrected chi connectivity index (χ4v) is 1.65. The summed E-state index contributed by atoms with van der Waals surface area (Å²) in [5, 5.41) is 26.1. The molecule has 0 aliphatic heterocycles. The van der Waals surface area contributed by atoms with Gasteiger partial charge in [0.25, 0.3) is 0 Å². The van der Waals surface area contributed by atoms with Crippen LogP contribution in [0.15, 0.2) is 0 Å². The van der Waals surface area contributed by atoms with Gasteiger partial charge in [0.05, 0.1) is 17.6 Å². The number of anilines is 2. The summed E-state index contributed by atoms with van der Waals surface area (Å²) in [6, 6.07) is 0. The lowest BCUT2D eigenvalue weighted by Crippen LogP contribution is -2.19. The van der Waals surface area contributed by atoms with Crippen LogP contribution in [0.2, 0.25) is 0 Å². The maximum absolute atomic E-state index is 11.0. The number of hydrogen-bond acceptors (Lipinski definition) is 8. The molecule has 1 heterocycles. The monoisotopic (exact) mass is 285 g/mol. The molecule has 1 unspecified atom stereocenters. The van der Waals surface area contributed by atoms with Crippen molar-refractivity contribution in [2.75, 3.05) is 37.9 Å². The third kappa shape index (κ3) is 4.28. The first-order chi connectivity index (χ1) is 9.49. The largest absolute Gasteiger partial charge is 0.391 e. The van der Waals surface area contributed by atoms with Crippen molar-refractivity contribution in [3.63, 3.8) is 0 Å². The molecule has 9 nitrogen and oxygen atoms in total. The number of aryl methyl sites for hydroxylation is 1. The van der Waals surface area contributed by atoms with E-state index in [1.807, 2.05) is 0 Å². The highest BCUT2D eigenvalue weighted by Crippen LogP contribution is 2.26. The van der Waals surface area contributed by atoms with Crippen LogP contribution in [0.3, 0.4) is 0 Å². The van der Waals surface area contributed by atoms with Gasteiger partial charge in [0.2, 0.25) is 11.8 Å². The normalized spacial score (nSPS) is 12.0. The summed E-state index contributed by atoms with van der Waals surface area (Å²) in [6.45, 7) is 2.10. The van der Waals surface area contributed by atoms with Crippen molar-refractivity contribution in [2.24, 2.45) is 0 Å². The molecule has 1 rings (SSSR count). The summed E-state index contributed by atoms with van der Waals surface area (Å²) >= 11 is 0. The van der Waals surface area contributed by atoms with E-state index in [2.05, 4.69) is 20.6 Å². The number of nitrogens with zero attached hydrogens (tertiary/aromatic N) is 3. The molecule has 0 amide bonds. The Labute approximate surface area is 116 Å². The summed E-state index contributed by atoms with van der Waals surface area (Å²) in [7, 11) is 3.13. The van der Waals surface area contributed by atoms with Crippen molar-refractivity contribution in [2.45, 2.75) is 19.4 Å². The molecule has 0 fully saturated rings. The third-order valence-electron chi connectivity index (χ3n) is 2.59. The Morgan fingerprint density at radius 1 is 1.50 bits per heavy atom. The maximum Gasteiger partial charge on any atom is 0.332 e. The molecule has 0 bridgehead atoms. The lowest BCUT2D eigenvalue weighted by atomic mass is 10.2. The molecule has 0 aromatic carbocycles. The number of nitro groups is 1. The Morgan fingerprint density at radius 3 is 2.75 bits per heavy atom. The minimum absolute atomic E-state index is 0.136. The molecule has 3 N–H and O–H groups in total. The van der Waals surface area contributed by atoms with Crippen LogP contribution in [-0.2, 0) is 4.74 Å². The van der Waals surface area contributed by atoms with Crippen LogP contribution in [0.4, 0.5) is 17.5 Å². The van der Waals surface area contributed by atoms with Crippen LogP contribution in [0.1, 0.15) is 12.1 Å². The Morgan fingerprint density at radius 2 is 2.20 bits per heavy atom. The molecule has 1 atom stereocenters. The van der Waals surface area contributed by atoms with E-state index >= 15 is 0 Å². The average molecular weight is 285 g/mol. The van der Waals surface area contributed by atoms with E-state index in [0.717, 1.165) is 0 Å². The number of ether oxygens (including phenoxy) is 1. The fraction of sp³-hybridized carbons (Fsp3) is 0.636. The number of aliphatic hydroxyl groups is 1. The fourth-order valence-electron chi connectivity index (χ4n) is 1.65. The Kier molecular flexibility index (Phi) is 6.07.